The third-order valence-electron chi connectivity index (χ3n) is 2.25. The smallest absolute Gasteiger partial charge is 0.183 e. The average molecular weight is 225 g/mol. The quantitative estimate of drug-likeness (QED) is 0.872. The summed E-state index contributed by atoms with van der Waals surface area (Å²) < 4.78 is 5.59. The molecule has 4 heteroatoms. The van der Waals surface area contributed by atoms with E-state index in [1.165, 1.54) is 0 Å². The van der Waals surface area contributed by atoms with Crippen molar-refractivity contribution >= 4 is 5.69 Å². The number of aromatic nitrogens is 1. The van der Waals surface area contributed by atoms with Gasteiger partial charge >= 0.3 is 0 Å². The lowest BCUT2D eigenvalue weighted by atomic mass is 10.3. The molecule has 0 spiro atoms. The summed E-state index contributed by atoms with van der Waals surface area (Å²) in [6.07, 6.45) is 1.56. The molecular formula is C13H11N3O. The van der Waals surface area contributed by atoms with E-state index < -0.39 is 0 Å². The summed E-state index contributed by atoms with van der Waals surface area (Å²) in [5.74, 6) is 1.14. The number of hydrogen-bond donors (Lipinski definition) is 1. The van der Waals surface area contributed by atoms with Gasteiger partial charge in [0, 0.05) is 18.9 Å². The first-order chi connectivity index (χ1) is 8.33. The molecule has 0 amide bonds. The van der Waals surface area contributed by atoms with Crippen LogP contribution in [0.5, 0.6) is 11.5 Å². The zero-order valence-corrected chi connectivity index (χ0v) is 9.34. The molecule has 4 nitrogen and oxygen atoms in total. The number of hydrogen-bond acceptors (Lipinski definition) is 4. The van der Waals surface area contributed by atoms with Gasteiger partial charge in [0.25, 0.3) is 0 Å². The van der Waals surface area contributed by atoms with Crippen LogP contribution in [0.3, 0.4) is 0 Å². The molecule has 0 fully saturated rings. The topological polar surface area (TPSA) is 57.9 Å². The molecule has 0 radical (unpaired) electrons. The Morgan fingerprint density at radius 2 is 2.00 bits per heavy atom. The van der Waals surface area contributed by atoms with Gasteiger partial charge in [-0.05, 0) is 36.4 Å². The van der Waals surface area contributed by atoms with Gasteiger partial charge in [0.1, 0.15) is 11.8 Å². The number of anilines is 1. The summed E-state index contributed by atoms with van der Waals surface area (Å²) in [7, 11) is 1.85. The van der Waals surface area contributed by atoms with Crippen LogP contribution in [0.1, 0.15) is 5.69 Å². The highest BCUT2D eigenvalue weighted by molar-refractivity contribution is 5.47. The fourth-order valence-electron chi connectivity index (χ4n) is 1.37. The van der Waals surface area contributed by atoms with Crippen molar-refractivity contribution in [1.29, 1.82) is 5.26 Å². The first kappa shape index (κ1) is 11.0. The molecule has 17 heavy (non-hydrogen) atoms. The van der Waals surface area contributed by atoms with Crippen LogP contribution in [0.25, 0.3) is 0 Å². The van der Waals surface area contributed by atoms with Crippen molar-refractivity contribution in [3.05, 3.63) is 48.3 Å². The number of rotatable bonds is 3. The standard InChI is InChI=1S/C13H11N3O/c1-15-10-4-6-11(7-5-10)17-13-3-2-8-16-12(13)9-14/h2-8,15H,1H3. The van der Waals surface area contributed by atoms with Crippen molar-refractivity contribution in [2.45, 2.75) is 0 Å². The first-order valence-corrected chi connectivity index (χ1v) is 5.14. The molecule has 1 aromatic carbocycles. The Morgan fingerprint density at radius 1 is 1.24 bits per heavy atom. The third-order valence-corrected chi connectivity index (χ3v) is 2.25. The highest BCUT2D eigenvalue weighted by Crippen LogP contribution is 2.24. The van der Waals surface area contributed by atoms with E-state index in [4.69, 9.17) is 10.00 Å². The Bertz CT molecular complexity index is 543. The van der Waals surface area contributed by atoms with Gasteiger partial charge in [0.15, 0.2) is 11.4 Å². The highest BCUT2D eigenvalue weighted by Gasteiger charge is 2.04. The Labute approximate surface area is 99.5 Å². The summed E-state index contributed by atoms with van der Waals surface area (Å²) in [5, 5.41) is 11.9. The Hall–Kier alpha value is -2.54. The molecule has 1 heterocycles. The zero-order valence-electron chi connectivity index (χ0n) is 9.34. The van der Waals surface area contributed by atoms with Crippen LogP contribution in [-0.2, 0) is 0 Å². The van der Waals surface area contributed by atoms with Gasteiger partial charge in [-0.3, -0.25) is 0 Å². The molecule has 0 aliphatic rings. The van der Waals surface area contributed by atoms with Crippen molar-refractivity contribution in [1.82, 2.24) is 4.98 Å². The van der Waals surface area contributed by atoms with Gasteiger partial charge in [0.05, 0.1) is 0 Å². The first-order valence-electron chi connectivity index (χ1n) is 5.14. The number of nitrogens with zero attached hydrogens (tertiary/aromatic N) is 2. The zero-order chi connectivity index (χ0) is 12.1. The van der Waals surface area contributed by atoms with Gasteiger partial charge in [-0.15, -0.1) is 0 Å². The molecule has 0 saturated heterocycles. The molecule has 0 bridgehead atoms. The molecule has 84 valence electrons. The second kappa shape index (κ2) is 4.99. The summed E-state index contributed by atoms with van der Waals surface area (Å²) >= 11 is 0. The number of pyridine rings is 1. The Morgan fingerprint density at radius 3 is 2.65 bits per heavy atom. The second-order valence-electron chi connectivity index (χ2n) is 3.34. The Balaban J connectivity index is 2.23. The molecule has 2 rings (SSSR count). The van der Waals surface area contributed by atoms with E-state index in [-0.39, 0.29) is 5.69 Å². The maximum atomic E-state index is 8.88. The minimum Gasteiger partial charge on any atom is -0.454 e. The highest BCUT2D eigenvalue weighted by atomic mass is 16.5. The lowest BCUT2D eigenvalue weighted by Crippen LogP contribution is -1.91. The maximum Gasteiger partial charge on any atom is 0.183 e. The third kappa shape index (κ3) is 2.52. The maximum absolute atomic E-state index is 8.88. The van der Waals surface area contributed by atoms with Gasteiger partial charge < -0.3 is 10.1 Å². The van der Waals surface area contributed by atoms with Crippen LogP contribution < -0.4 is 10.1 Å². The van der Waals surface area contributed by atoms with Gasteiger partial charge in [-0.1, -0.05) is 0 Å². The fourth-order valence-corrected chi connectivity index (χ4v) is 1.37. The minimum atomic E-state index is 0.283. The largest absolute Gasteiger partial charge is 0.454 e. The number of nitrogens with one attached hydrogen (secondary N) is 1. The molecular weight excluding hydrogens is 214 g/mol. The van der Waals surface area contributed by atoms with Gasteiger partial charge in [-0.25, -0.2) is 4.98 Å². The predicted molar refractivity (Wildman–Crippen MR) is 65.0 cm³/mol. The van der Waals surface area contributed by atoms with E-state index >= 15 is 0 Å². The molecule has 0 atom stereocenters. The average Bonchev–Trinajstić information content (AvgIpc) is 2.40. The molecule has 0 unspecified atom stereocenters. The van der Waals surface area contributed by atoms with E-state index in [2.05, 4.69) is 10.3 Å². The van der Waals surface area contributed by atoms with Crippen LogP contribution in [0.4, 0.5) is 5.69 Å². The van der Waals surface area contributed by atoms with Crippen LogP contribution in [-0.4, -0.2) is 12.0 Å². The summed E-state index contributed by atoms with van der Waals surface area (Å²) in [6.45, 7) is 0. The summed E-state index contributed by atoms with van der Waals surface area (Å²) in [6, 6.07) is 12.9. The summed E-state index contributed by atoms with van der Waals surface area (Å²) in [5.41, 5.74) is 1.29. The lowest BCUT2D eigenvalue weighted by molar-refractivity contribution is 0.478. The van der Waals surface area contributed by atoms with E-state index in [9.17, 15) is 0 Å². The lowest BCUT2D eigenvalue weighted by Gasteiger charge is -2.07. The van der Waals surface area contributed by atoms with Crippen LogP contribution in [0, 0.1) is 11.3 Å². The Kier molecular flexibility index (Phi) is 3.22. The van der Waals surface area contributed by atoms with E-state index in [0.29, 0.717) is 11.5 Å². The van der Waals surface area contributed by atoms with Gasteiger partial charge in [-0.2, -0.15) is 5.26 Å². The van der Waals surface area contributed by atoms with Crippen LogP contribution in [0.2, 0.25) is 0 Å². The van der Waals surface area contributed by atoms with Crippen molar-refractivity contribution in [3.8, 4) is 17.6 Å². The molecule has 0 aliphatic carbocycles. The van der Waals surface area contributed by atoms with Crippen LogP contribution in [0.15, 0.2) is 42.6 Å². The monoisotopic (exact) mass is 225 g/mol. The van der Waals surface area contributed by atoms with Crippen molar-refractivity contribution < 1.29 is 4.74 Å². The summed E-state index contributed by atoms with van der Waals surface area (Å²) in [4.78, 5) is 3.93. The van der Waals surface area contributed by atoms with E-state index in [1.54, 1.807) is 18.3 Å². The number of nitriles is 1. The SMILES string of the molecule is CNc1ccc(Oc2cccnc2C#N)cc1. The van der Waals surface area contributed by atoms with E-state index in [1.807, 2.05) is 37.4 Å². The van der Waals surface area contributed by atoms with Crippen molar-refractivity contribution in [3.63, 3.8) is 0 Å². The molecule has 0 saturated carbocycles. The minimum absolute atomic E-state index is 0.283. The molecule has 0 aliphatic heterocycles. The van der Waals surface area contributed by atoms with E-state index in [0.717, 1.165) is 5.69 Å². The fraction of sp³-hybridized carbons (Fsp3) is 0.0769. The second-order valence-corrected chi connectivity index (χ2v) is 3.34. The molecule has 1 N–H and O–H groups in total. The van der Waals surface area contributed by atoms with Crippen molar-refractivity contribution in [2.75, 3.05) is 12.4 Å². The van der Waals surface area contributed by atoms with Crippen LogP contribution >= 0.6 is 0 Å². The molecule has 1 aromatic heterocycles. The van der Waals surface area contributed by atoms with Gasteiger partial charge in [0.2, 0.25) is 0 Å². The number of benzene rings is 1. The normalized spacial score (nSPS) is 9.41. The van der Waals surface area contributed by atoms with Crippen molar-refractivity contribution in [2.24, 2.45) is 0 Å². The predicted octanol–water partition coefficient (Wildman–Crippen LogP) is 2.79. The number of ether oxygens (including phenoxy) is 1. The molecule has 2 aromatic rings.